The fraction of sp³-hybridized carbons (Fsp3) is 0.500. The third-order valence-electron chi connectivity index (χ3n) is 3.47. The van der Waals surface area contributed by atoms with Gasteiger partial charge in [0.2, 0.25) is 11.8 Å². The number of nitrogens with zero attached hydrogens (tertiary/aromatic N) is 1. The molecule has 0 aromatic heterocycles. The fourth-order valence-electron chi connectivity index (χ4n) is 2.09. The van der Waals surface area contributed by atoms with Crippen LogP contribution in [0.4, 0.5) is 13.2 Å². The average molecular weight is 330 g/mol. The van der Waals surface area contributed by atoms with Crippen LogP contribution in [0.25, 0.3) is 0 Å². The van der Waals surface area contributed by atoms with Crippen LogP contribution >= 0.6 is 0 Å². The molecule has 0 radical (unpaired) electrons. The Balaban J connectivity index is 2.95. The number of nitrogens with one attached hydrogen (secondary N) is 1. The van der Waals surface area contributed by atoms with Gasteiger partial charge in [-0.15, -0.1) is 0 Å². The Morgan fingerprint density at radius 1 is 1.26 bits per heavy atom. The van der Waals surface area contributed by atoms with E-state index in [0.717, 1.165) is 12.1 Å². The van der Waals surface area contributed by atoms with Crippen LogP contribution in [0.1, 0.15) is 37.9 Å². The molecule has 0 fully saturated rings. The average Bonchev–Trinajstić information content (AvgIpc) is 2.43. The maximum absolute atomic E-state index is 12.8. The van der Waals surface area contributed by atoms with Crippen molar-refractivity contribution in [2.75, 3.05) is 13.6 Å². The second-order valence-corrected chi connectivity index (χ2v) is 5.79. The van der Waals surface area contributed by atoms with Crippen LogP contribution in [0, 0.1) is 5.92 Å². The smallest absolute Gasteiger partial charge is 0.348 e. The summed E-state index contributed by atoms with van der Waals surface area (Å²) in [6.07, 6.45) is -4.43. The van der Waals surface area contributed by atoms with Crippen LogP contribution in [0.3, 0.4) is 0 Å². The molecule has 23 heavy (non-hydrogen) atoms. The maximum atomic E-state index is 12.8. The van der Waals surface area contributed by atoms with Crippen LogP contribution < -0.4 is 5.32 Å². The number of halogens is 3. The summed E-state index contributed by atoms with van der Waals surface area (Å²) in [5.41, 5.74) is -0.371. The van der Waals surface area contributed by atoms with Crippen LogP contribution in [0.2, 0.25) is 0 Å². The molecule has 1 rings (SSSR count). The van der Waals surface area contributed by atoms with Gasteiger partial charge in [-0.05, 0) is 23.6 Å². The molecule has 0 aliphatic carbocycles. The SMILES string of the molecule is CC(=O)N(C)CC(=O)N[C@@H](c1cccc(C(F)(F)F)c1)C(C)C. The lowest BCUT2D eigenvalue weighted by molar-refractivity contribution is -0.137. The fourth-order valence-corrected chi connectivity index (χ4v) is 2.09. The van der Waals surface area contributed by atoms with Gasteiger partial charge in [-0.2, -0.15) is 13.2 Å². The van der Waals surface area contributed by atoms with Crippen molar-refractivity contribution >= 4 is 11.8 Å². The lowest BCUT2D eigenvalue weighted by atomic mass is 9.94. The molecule has 7 heteroatoms. The summed E-state index contributed by atoms with van der Waals surface area (Å²) in [5, 5.41) is 2.70. The third kappa shape index (κ3) is 5.58. The van der Waals surface area contributed by atoms with Gasteiger partial charge < -0.3 is 10.2 Å². The van der Waals surface area contributed by atoms with Crippen molar-refractivity contribution in [2.45, 2.75) is 33.0 Å². The predicted octanol–water partition coefficient (Wildman–Crippen LogP) is 3.00. The van der Waals surface area contributed by atoms with E-state index in [1.807, 2.05) is 0 Å². The lowest BCUT2D eigenvalue weighted by Crippen LogP contribution is -2.40. The molecule has 0 saturated carbocycles. The number of carbonyl (C=O) groups excluding carboxylic acids is 2. The summed E-state index contributed by atoms with van der Waals surface area (Å²) in [6, 6.07) is 4.34. The number of hydrogen-bond acceptors (Lipinski definition) is 2. The van der Waals surface area contributed by atoms with Crippen LogP contribution in [-0.2, 0) is 15.8 Å². The summed E-state index contributed by atoms with van der Waals surface area (Å²) in [6.45, 7) is 4.80. The maximum Gasteiger partial charge on any atom is 0.416 e. The summed E-state index contributed by atoms with van der Waals surface area (Å²) < 4.78 is 38.5. The minimum Gasteiger partial charge on any atom is -0.348 e. The molecular formula is C16H21F3N2O2. The van der Waals surface area contributed by atoms with Gasteiger partial charge in [0.25, 0.3) is 0 Å². The Labute approximate surface area is 133 Å². The van der Waals surface area contributed by atoms with E-state index in [1.165, 1.54) is 24.9 Å². The molecule has 0 heterocycles. The molecule has 1 aromatic rings. The lowest BCUT2D eigenvalue weighted by Gasteiger charge is -2.25. The highest BCUT2D eigenvalue weighted by molar-refractivity contribution is 5.83. The highest BCUT2D eigenvalue weighted by Crippen LogP contribution is 2.32. The van der Waals surface area contributed by atoms with E-state index in [4.69, 9.17) is 0 Å². The molecule has 1 aromatic carbocycles. The molecule has 128 valence electrons. The number of amides is 2. The first-order valence-corrected chi connectivity index (χ1v) is 7.20. The monoisotopic (exact) mass is 330 g/mol. The van der Waals surface area contributed by atoms with E-state index in [-0.39, 0.29) is 18.4 Å². The van der Waals surface area contributed by atoms with Crippen molar-refractivity contribution in [2.24, 2.45) is 5.92 Å². The first kappa shape index (κ1) is 19.0. The minimum atomic E-state index is -4.43. The van der Waals surface area contributed by atoms with E-state index >= 15 is 0 Å². The number of likely N-dealkylation sites (N-methyl/N-ethyl adjacent to an activating group) is 1. The topological polar surface area (TPSA) is 49.4 Å². The first-order chi connectivity index (χ1) is 10.5. The number of alkyl halides is 3. The van der Waals surface area contributed by atoms with Crippen molar-refractivity contribution in [1.82, 2.24) is 10.2 Å². The molecular weight excluding hydrogens is 309 g/mol. The molecule has 0 unspecified atom stereocenters. The number of carbonyl (C=O) groups is 2. The van der Waals surface area contributed by atoms with Crippen molar-refractivity contribution in [3.05, 3.63) is 35.4 Å². The predicted molar refractivity (Wildman–Crippen MR) is 80.5 cm³/mol. The first-order valence-electron chi connectivity index (χ1n) is 7.20. The van der Waals surface area contributed by atoms with Crippen molar-refractivity contribution < 1.29 is 22.8 Å². The number of hydrogen-bond donors (Lipinski definition) is 1. The Morgan fingerprint density at radius 2 is 1.87 bits per heavy atom. The third-order valence-corrected chi connectivity index (χ3v) is 3.47. The highest BCUT2D eigenvalue weighted by Gasteiger charge is 2.31. The van der Waals surface area contributed by atoms with E-state index in [2.05, 4.69) is 5.32 Å². The minimum absolute atomic E-state index is 0.106. The van der Waals surface area contributed by atoms with Gasteiger partial charge in [0.05, 0.1) is 18.2 Å². The summed E-state index contributed by atoms with van der Waals surface area (Å²) in [4.78, 5) is 24.4. The normalized spacial score (nSPS) is 12.9. The standard InChI is InChI=1S/C16H21F3N2O2/c1-10(2)15(20-14(23)9-21(4)11(3)22)12-6-5-7-13(8-12)16(17,18)19/h5-8,10,15H,9H2,1-4H3,(H,20,23)/t15-/m1/s1. The van der Waals surface area contributed by atoms with Gasteiger partial charge in [-0.3, -0.25) is 9.59 Å². The molecule has 1 N–H and O–H groups in total. The summed E-state index contributed by atoms with van der Waals surface area (Å²) in [5.74, 6) is -0.788. The zero-order chi connectivity index (χ0) is 17.8. The number of rotatable bonds is 5. The van der Waals surface area contributed by atoms with E-state index < -0.39 is 23.7 Å². The van der Waals surface area contributed by atoms with Gasteiger partial charge in [0.1, 0.15) is 0 Å². The molecule has 0 saturated heterocycles. The molecule has 4 nitrogen and oxygen atoms in total. The Hall–Kier alpha value is -2.05. The van der Waals surface area contributed by atoms with E-state index in [9.17, 15) is 22.8 Å². The van der Waals surface area contributed by atoms with Crippen LogP contribution in [-0.4, -0.2) is 30.3 Å². The second kappa shape index (κ2) is 7.48. The van der Waals surface area contributed by atoms with Gasteiger partial charge in [0, 0.05) is 14.0 Å². The van der Waals surface area contributed by atoms with Crippen LogP contribution in [0.15, 0.2) is 24.3 Å². The highest BCUT2D eigenvalue weighted by atomic mass is 19.4. The molecule has 0 bridgehead atoms. The van der Waals surface area contributed by atoms with E-state index in [0.29, 0.717) is 5.56 Å². The van der Waals surface area contributed by atoms with Gasteiger partial charge in [-0.1, -0.05) is 26.0 Å². The Bertz CT molecular complexity index is 571. The Morgan fingerprint density at radius 3 is 2.35 bits per heavy atom. The van der Waals surface area contributed by atoms with Gasteiger partial charge >= 0.3 is 6.18 Å². The van der Waals surface area contributed by atoms with Gasteiger partial charge in [0.15, 0.2) is 0 Å². The molecule has 0 spiro atoms. The molecule has 1 atom stereocenters. The van der Waals surface area contributed by atoms with Crippen molar-refractivity contribution in [1.29, 1.82) is 0 Å². The van der Waals surface area contributed by atoms with Crippen LogP contribution in [0.5, 0.6) is 0 Å². The summed E-state index contributed by atoms with van der Waals surface area (Å²) >= 11 is 0. The zero-order valence-corrected chi connectivity index (χ0v) is 13.6. The largest absolute Gasteiger partial charge is 0.416 e. The number of benzene rings is 1. The van der Waals surface area contributed by atoms with E-state index in [1.54, 1.807) is 19.9 Å². The summed E-state index contributed by atoms with van der Waals surface area (Å²) in [7, 11) is 1.48. The van der Waals surface area contributed by atoms with Gasteiger partial charge in [-0.25, -0.2) is 0 Å². The molecule has 0 aliphatic rings. The van der Waals surface area contributed by atoms with Crippen molar-refractivity contribution in [3.63, 3.8) is 0 Å². The Kier molecular flexibility index (Phi) is 6.18. The van der Waals surface area contributed by atoms with Crippen molar-refractivity contribution in [3.8, 4) is 0 Å². The molecule has 2 amide bonds. The quantitative estimate of drug-likeness (QED) is 0.902. The second-order valence-electron chi connectivity index (χ2n) is 5.79. The zero-order valence-electron chi connectivity index (χ0n) is 13.6. The molecule has 0 aliphatic heterocycles.